The predicted octanol–water partition coefficient (Wildman–Crippen LogP) is 1.75. The van der Waals surface area contributed by atoms with Crippen molar-refractivity contribution in [1.29, 1.82) is 0 Å². The standard InChI is InChI=1S/C13H18N2O/c16-9-13(6-7-13)8-14-12-5-4-10-2-1-3-11(10)15-12/h4-5,16H,1-3,6-9H2,(H,14,15). The Hall–Kier alpha value is -1.09. The summed E-state index contributed by atoms with van der Waals surface area (Å²) in [4.78, 5) is 4.63. The monoisotopic (exact) mass is 218 g/mol. The number of aliphatic hydroxyl groups excluding tert-OH is 1. The van der Waals surface area contributed by atoms with E-state index in [4.69, 9.17) is 0 Å². The number of nitrogens with zero attached hydrogens (tertiary/aromatic N) is 1. The molecular weight excluding hydrogens is 200 g/mol. The highest BCUT2D eigenvalue weighted by Crippen LogP contribution is 2.44. The molecule has 0 unspecified atom stereocenters. The smallest absolute Gasteiger partial charge is 0.126 e. The highest BCUT2D eigenvalue weighted by Gasteiger charge is 2.41. The lowest BCUT2D eigenvalue weighted by Gasteiger charge is -2.13. The van der Waals surface area contributed by atoms with Crippen LogP contribution in [0.2, 0.25) is 0 Å². The number of hydrogen-bond acceptors (Lipinski definition) is 3. The SMILES string of the molecule is OCC1(CNc2ccc3c(n2)CCC3)CC1. The third kappa shape index (κ3) is 1.80. The van der Waals surface area contributed by atoms with Gasteiger partial charge >= 0.3 is 0 Å². The highest BCUT2D eigenvalue weighted by atomic mass is 16.3. The van der Waals surface area contributed by atoms with E-state index >= 15 is 0 Å². The number of aromatic nitrogens is 1. The minimum absolute atomic E-state index is 0.153. The van der Waals surface area contributed by atoms with Crippen molar-refractivity contribution in [3.63, 3.8) is 0 Å². The molecular formula is C13H18N2O. The molecule has 0 spiro atoms. The summed E-state index contributed by atoms with van der Waals surface area (Å²) < 4.78 is 0. The first kappa shape index (κ1) is 10.1. The van der Waals surface area contributed by atoms with Crippen molar-refractivity contribution >= 4 is 5.82 Å². The van der Waals surface area contributed by atoms with Gasteiger partial charge in [0.15, 0.2) is 0 Å². The van der Waals surface area contributed by atoms with Crippen molar-refractivity contribution < 1.29 is 5.11 Å². The molecule has 0 atom stereocenters. The van der Waals surface area contributed by atoms with Crippen LogP contribution in [0.25, 0.3) is 0 Å². The molecule has 0 radical (unpaired) electrons. The number of fused-ring (bicyclic) bond motifs is 1. The normalized spacial score (nSPS) is 20.6. The summed E-state index contributed by atoms with van der Waals surface area (Å²) in [7, 11) is 0. The van der Waals surface area contributed by atoms with Crippen molar-refractivity contribution in [2.45, 2.75) is 32.1 Å². The van der Waals surface area contributed by atoms with E-state index in [-0.39, 0.29) is 5.41 Å². The molecule has 0 amide bonds. The van der Waals surface area contributed by atoms with Crippen LogP contribution in [-0.2, 0) is 12.8 Å². The molecule has 1 heterocycles. The average Bonchev–Trinajstić information content (AvgIpc) is 2.96. The van der Waals surface area contributed by atoms with Gasteiger partial charge in [-0.3, -0.25) is 0 Å². The molecule has 3 heteroatoms. The lowest BCUT2D eigenvalue weighted by molar-refractivity contribution is 0.219. The van der Waals surface area contributed by atoms with Gasteiger partial charge in [0.1, 0.15) is 5.82 Å². The highest BCUT2D eigenvalue weighted by molar-refractivity contribution is 5.40. The van der Waals surface area contributed by atoms with Gasteiger partial charge in [0.25, 0.3) is 0 Å². The summed E-state index contributed by atoms with van der Waals surface area (Å²) in [5, 5.41) is 12.6. The fraction of sp³-hybridized carbons (Fsp3) is 0.615. The van der Waals surface area contributed by atoms with Crippen LogP contribution in [0.1, 0.15) is 30.5 Å². The number of hydrogen-bond donors (Lipinski definition) is 2. The second kappa shape index (κ2) is 3.74. The van der Waals surface area contributed by atoms with Crippen molar-refractivity contribution in [3.05, 3.63) is 23.4 Å². The lowest BCUT2D eigenvalue weighted by Crippen LogP contribution is -2.19. The molecule has 0 aliphatic heterocycles. The summed E-state index contributed by atoms with van der Waals surface area (Å²) in [5.41, 5.74) is 2.83. The number of aliphatic hydroxyl groups is 1. The van der Waals surface area contributed by atoms with Gasteiger partial charge in [-0.1, -0.05) is 6.07 Å². The quantitative estimate of drug-likeness (QED) is 0.809. The van der Waals surface area contributed by atoms with Crippen molar-refractivity contribution in [3.8, 4) is 0 Å². The van der Waals surface area contributed by atoms with Gasteiger partial charge in [-0.25, -0.2) is 4.98 Å². The molecule has 0 aromatic carbocycles. The summed E-state index contributed by atoms with van der Waals surface area (Å²) in [6, 6.07) is 4.26. The molecule has 1 saturated carbocycles. The van der Waals surface area contributed by atoms with E-state index in [1.54, 1.807) is 0 Å². The Bertz CT molecular complexity index is 399. The van der Waals surface area contributed by atoms with E-state index in [2.05, 4.69) is 22.4 Å². The molecule has 2 N–H and O–H groups in total. The number of pyridine rings is 1. The first-order chi connectivity index (χ1) is 7.81. The van der Waals surface area contributed by atoms with Crippen molar-refractivity contribution in [1.82, 2.24) is 4.98 Å². The average molecular weight is 218 g/mol. The number of anilines is 1. The Morgan fingerprint density at radius 3 is 2.94 bits per heavy atom. The van der Waals surface area contributed by atoms with E-state index in [9.17, 15) is 5.11 Å². The molecule has 1 aromatic heterocycles. The summed E-state index contributed by atoms with van der Waals surface area (Å²) >= 11 is 0. The van der Waals surface area contributed by atoms with E-state index in [1.807, 2.05) is 0 Å². The van der Waals surface area contributed by atoms with Gasteiger partial charge in [-0.15, -0.1) is 0 Å². The molecule has 2 aliphatic rings. The molecule has 1 aromatic rings. The van der Waals surface area contributed by atoms with Gasteiger partial charge < -0.3 is 10.4 Å². The Labute approximate surface area is 95.9 Å². The lowest BCUT2D eigenvalue weighted by atomic mass is 10.1. The van der Waals surface area contributed by atoms with E-state index < -0.39 is 0 Å². The van der Waals surface area contributed by atoms with Crippen LogP contribution in [0.5, 0.6) is 0 Å². The summed E-state index contributed by atoms with van der Waals surface area (Å²) in [6.45, 7) is 1.15. The van der Waals surface area contributed by atoms with Crippen LogP contribution >= 0.6 is 0 Å². The summed E-state index contributed by atoms with van der Waals surface area (Å²) in [6.07, 6.45) is 5.83. The zero-order valence-electron chi connectivity index (χ0n) is 9.50. The van der Waals surface area contributed by atoms with Crippen LogP contribution < -0.4 is 5.32 Å². The van der Waals surface area contributed by atoms with Gasteiger partial charge in [-0.2, -0.15) is 0 Å². The molecule has 16 heavy (non-hydrogen) atoms. The topological polar surface area (TPSA) is 45.1 Å². The minimum Gasteiger partial charge on any atom is -0.396 e. The van der Waals surface area contributed by atoms with Crippen LogP contribution in [0.4, 0.5) is 5.82 Å². The molecule has 2 aliphatic carbocycles. The second-order valence-corrected chi connectivity index (χ2v) is 5.17. The Kier molecular flexibility index (Phi) is 2.36. The molecule has 0 saturated heterocycles. The third-order valence-corrected chi connectivity index (χ3v) is 3.87. The second-order valence-electron chi connectivity index (χ2n) is 5.17. The Morgan fingerprint density at radius 1 is 1.31 bits per heavy atom. The molecule has 1 fully saturated rings. The van der Waals surface area contributed by atoms with Crippen LogP contribution in [0, 0.1) is 5.41 Å². The first-order valence-corrected chi connectivity index (χ1v) is 6.15. The maximum Gasteiger partial charge on any atom is 0.126 e. The van der Waals surface area contributed by atoms with Gasteiger partial charge in [0, 0.05) is 17.7 Å². The zero-order valence-corrected chi connectivity index (χ0v) is 9.50. The first-order valence-electron chi connectivity index (χ1n) is 6.15. The van der Waals surface area contributed by atoms with E-state index in [0.29, 0.717) is 6.61 Å². The number of aryl methyl sites for hydroxylation is 2. The van der Waals surface area contributed by atoms with Gasteiger partial charge in [0.05, 0.1) is 6.61 Å². The van der Waals surface area contributed by atoms with Gasteiger partial charge in [-0.05, 0) is 43.7 Å². The fourth-order valence-electron chi connectivity index (χ4n) is 2.36. The zero-order chi connectivity index (χ0) is 11.0. The number of nitrogens with one attached hydrogen (secondary N) is 1. The minimum atomic E-state index is 0.153. The summed E-state index contributed by atoms with van der Waals surface area (Å²) in [5.74, 6) is 0.973. The van der Waals surface area contributed by atoms with Gasteiger partial charge in [0.2, 0.25) is 0 Å². The number of rotatable bonds is 4. The van der Waals surface area contributed by atoms with E-state index in [1.165, 1.54) is 24.1 Å². The molecule has 0 bridgehead atoms. The maximum atomic E-state index is 9.23. The van der Waals surface area contributed by atoms with Crippen molar-refractivity contribution in [2.24, 2.45) is 5.41 Å². The van der Waals surface area contributed by atoms with Crippen LogP contribution in [-0.4, -0.2) is 23.2 Å². The van der Waals surface area contributed by atoms with Crippen molar-refractivity contribution in [2.75, 3.05) is 18.5 Å². The predicted molar refractivity (Wildman–Crippen MR) is 63.5 cm³/mol. The molecule has 3 nitrogen and oxygen atoms in total. The Balaban J connectivity index is 1.66. The van der Waals surface area contributed by atoms with Crippen LogP contribution in [0.3, 0.4) is 0 Å². The largest absolute Gasteiger partial charge is 0.396 e. The fourth-order valence-corrected chi connectivity index (χ4v) is 2.36. The van der Waals surface area contributed by atoms with E-state index in [0.717, 1.165) is 31.6 Å². The Morgan fingerprint density at radius 2 is 2.19 bits per heavy atom. The maximum absolute atomic E-state index is 9.23. The van der Waals surface area contributed by atoms with Crippen LogP contribution in [0.15, 0.2) is 12.1 Å². The molecule has 3 rings (SSSR count). The molecule has 86 valence electrons. The third-order valence-electron chi connectivity index (χ3n) is 3.87.